The predicted molar refractivity (Wildman–Crippen MR) is 208 cm³/mol. The zero-order valence-electron chi connectivity index (χ0n) is 33.1. The Balaban J connectivity index is 2.39. The number of esters is 2. The number of carbonyl (C=O) groups excluding carboxylic acids is 2. The first-order chi connectivity index (χ1) is 25.5. The lowest BCUT2D eigenvalue weighted by molar-refractivity contribution is -0.161. The van der Waals surface area contributed by atoms with E-state index in [4.69, 9.17) is 24.3 Å². The van der Waals surface area contributed by atoms with Crippen LogP contribution in [0.2, 0.25) is 0 Å². The molecule has 7 atom stereocenters. The van der Waals surface area contributed by atoms with E-state index in [0.717, 1.165) is 64.2 Å². The van der Waals surface area contributed by atoms with E-state index < -0.39 is 50.8 Å². The Labute approximate surface area is 320 Å². The first kappa shape index (κ1) is 49.6. The molecule has 1 rings (SSSR count). The van der Waals surface area contributed by atoms with Crippen molar-refractivity contribution in [2.24, 2.45) is 17.6 Å². The second-order valence-electron chi connectivity index (χ2n) is 14.8. The number of aliphatic hydroxyl groups is 3. The monoisotopic (exact) mass is 778 g/mol. The molecule has 1 aliphatic carbocycles. The molecule has 0 saturated heterocycles. The molecule has 0 spiro atoms. The van der Waals surface area contributed by atoms with Gasteiger partial charge in [0, 0.05) is 31.7 Å². The van der Waals surface area contributed by atoms with Crippen molar-refractivity contribution in [1.29, 1.82) is 0 Å². The number of aliphatic hydroxyl groups excluding tert-OH is 3. The van der Waals surface area contributed by atoms with E-state index in [-0.39, 0.29) is 44.4 Å². The van der Waals surface area contributed by atoms with Crippen molar-refractivity contribution >= 4 is 19.8 Å². The maximum atomic E-state index is 12.6. The van der Waals surface area contributed by atoms with Gasteiger partial charge in [-0.05, 0) is 31.6 Å². The van der Waals surface area contributed by atoms with Crippen LogP contribution in [0.1, 0.15) is 168 Å². The molecule has 0 radical (unpaired) electrons. The lowest BCUT2D eigenvalue weighted by Crippen LogP contribution is -2.29. The van der Waals surface area contributed by atoms with Gasteiger partial charge in [0.15, 0.2) is 6.10 Å². The number of carbonyl (C=O) groups is 2. The molecular weight excluding hydrogens is 701 g/mol. The Morgan fingerprint density at radius 1 is 0.755 bits per heavy atom. The highest BCUT2D eigenvalue weighted by molar-refractivity contribution is 7.47. The molecule has 1 aliphatic rings. The minimum atomic E-state index is -4.42. The zero-order valence-corrected chi connectivity index (χ0v) is 34.0. The summed E-state index contributed by atoms with van der Waals surface area (Å²) in [7, 11) is -4.42. The molecule has 0 aromatic heterocycles. The molecule has 0 heterocycles. The molecule has 0 amide bonds. The fourth-order valence-corrected chi connectivity index (χ4v) is 7.61. The van der Waals surface area contributed by atoms with Crippen molar-refractivity contribution in [3.8, 4) is 0 Å². The van der Waals surface area contributed by atoms with E-state index >= 15 is 0 Å². The Bertz CT molecular complexity index is 1000. The lowest BCUT2D eigenvalue weighted by Gasteiger charge is -2.21. The number of nitrogens with two attached hydrogens (primary N) is 1. The van der Waals surface area contributed by atoms with Crippen LogP contribution in [0.25, 0.3) is 0 Å². The molecule has 0 aliphatic heterocycles. The summed E-state index contributed by atoms with van der Waals surface area (Å²) < 4.78 is 32.7. The van der Waals surface area contributed by atoms with Gasteiger partial charge in [-0.1, -0.05) is 135 Å². The molecule has 0 bridgehead atoms. The second kappa shape index (κ2) is 31.8. The Kier molecular flexibility index (Phi) is 29.8. The van der Waals surface area contributed by atoms with Gasteiger partial charge in [0.1, 0.15) is 6.61 Å². The van der Waals surface area contributed by atoms with E-state index in [9.17, 15) is 34.4 Å². The van der Waals surface area contributed by atoms with Gasteiger partial charge in [0.25, 0.3) is 0 Å². The second-order valence-corrected chi connectivity index (χ2v) is 16.3. The molecule has 0 aromatic carbocycles. The van der Waals surface area contributed by atoms with Crippen LogP contribution in [0.5, 0.6) is 0 Å². The topological polar surface area (TPSA) is 195 Å². The van der Waals surface area contributed by atoms with Crippen molar-refractivity contribution in [3.05, 3.63) is 12.2 Å². The maximum Gasteiger partial charge on any atom is 0.472 e. The van der Waals surface area contributed by atoms with Gasteiger partial charge in [-0.3, -0.25) is 18.6 Å². The van der Waals surface area contributed by atoms with Gasteiger partial charge in [-0.2, -0.15) is 0 Å². The Morgan fingerprint density at radius 3 is 1.91 bits per heavy atom. The molecular formula is C40H76NO11P. The third-order valence-corrected chi connectivity index (χ3v) is 11.0. The van der Waals surface area contributed by atoms with Gasteiger partial charge in [0.2, 0.25) is 0 Å². The van der Waals surface area contributed by atoms with Gasteiger partial charge in [-0.15, -0.1) is 0 Å². The van der Waals surface area contributed by atoms with Crippen molar-refractivity contribution in [1.82, 2.24) is 0 Å². The largest absolute Gasteiger partial charge is 0.472 e. The number of unbranched alkanes of at least 4 members (excludes halogenated alkanes) is 16. The van der Waals surface area contributed by atoms with E-state index in [1.165, 1.54) is 51.4 Å². The summed E-state index contributed by atoms with van der Waals surface area (Å²) in [5.41, 5.74) is 5.34. The first-order valence-corrected chi connectivity index (χ1v) is 22.4. The number of ether oxygens (including phenoxy) is 2. The Morgan fingerprint density at radius 2 is 1.30 bits per heavy atom. The van der Waals surface area contributed by atoms with E-state index in [1.54, 1.807) is 6.08 Å². The molecule has 1 unspecified atom stereocenters. The fourth-order valence-electron chi connectivity index (χ4n) is 6.85. The highest BCUT2D eigenvalue weighted by atomic mass is 31.2. The third-order valence-electron chi connectivity index (χ3n) is 10.0. The maximum absolute atomic E-state index is 12.6. The zero-order chi connectivity index (χ0) is 39.2. The van der Waals surface area contributed by atoms with E-state index in [0.29, 0.717) is 25.7 Å². The third kappa shape index (κ3) is 26.2. The predicted octanol–water partition coefficient (Wildman–Crippen LogP) is 7.82. The van der Waals surface area contributed by atoms with Crippen LogP contribution < -0.4 is 5.73 Å². The summed E-state index contributed by atoms with van der Waals surface area (Å²) in [6.07, 6.45) is 23.1. The molecule has 1 saturated carbocycles. The van der Waals surface area contributed by atoms with Crippen molar-refractivity contribution in [2.75, 3.05) is 26.4 Å². The van der Waals surface area contributed by atoms with Gasteiger partial charge in [0.05, 0.1) is 31.5 Å². The number of phosphoric ester groups is 1. The molecule has 0 aromatic rings. The van der Waals surface area contributed by atoms with Crippen LogP contribution in [0, 0.1) is 11.8 Å². The van der Waals surface area contributed by atoms with Crippen molar-refractivity contribution < 1.29 is 52.9 Å². The summed E-state index contributed by atoms with van der Waals surface area (Å²) in [5, 5.41) is 31.3. The van der Waals surface area contributed by atoms with Gasteiger partial charge < -0.3 is 35.4 Å². The van der Waals surface area contributed by atoms with Crippen molar-refractivity contribution in [2.45, 2.75) is 192 Å². The van der Waals surface area contributed by atoms with Crippen LogP contribution in [-0.4, -0.2) is 82.9 Å². The summed E-state index contributed by atoms with van der Waals surface area (Å²) in [4.78, 5) is 35.0. The van der Waals surface area contributed by atoms with Crippen LogP contribution in [0.15, 0.2) is 12.2 Å². The van der Waals surface area contributed by atoms with E-state index in [2.05, 4.69) is 13.8 Å². The summed E-state index contributed by atoms with van der Waals surface area (Å²) in [6.45, 7) is 3.39. The molecule has 6 N–H and O–H groups in total. The average molecular weight is 778 g/mol. The minimum Gasteiger partial charge on any atom is -0.462 e. The molecule has 12 nitrogen and oxygen atoms in total. The number of hydrogen-bond donors (Lipinski definition) is 5. The highest BCUT2D eigenvalue weighted by Crippen LogP contribution is 2.43. The smallest absolute Gasteiger partial charge is 0.462 e. The van der Waals surface area contributed by atoms with Gasteiger partial charge >= 0.3 is 19.8 Å². The van der Waals surface area contributed by atoms with Crippen molar-refractivity contribution in [3.63, 3.8) is 0 Å². The first-order valence-electron chi connectivity index (χ1n) is 20.9. The minimum absolute atomic E-state index is 0.0246. The van der Waals surface area contributed by atoms with Crippen LogP contribution in [0.4, 0.5) is 0 Å². The number of phosphoric acid groups is 1. The van der Waals surface area contributed by atoms with Crippen LogP contribution >= 0.6 is 7.82 Å². The fraction of sp³-hybridized carbons (Fsp3) is 0.900. The standard InChI is InChI=1S/C40H76NO11P/c1-3-5-7-8-9-10-11-12-13-14-15-21-25-40(46)52-34(32-51-53(47,48)50-29-28-41)31-49-39(45)24-20-17-16-19-23-35-36(38(44)30-37(35)43)27-26-33(42)22-18-6-4-2/h26-27,33-38,42-44H,3-25,28-32,41H2,1-2H3,(H,47,48)/b27-26+/t33-,34+,35+,36+,37-,38+/m0/s1. The lowest BCUT2D eigenvalue weighted by atomic mass is 9.88. The highest BCUT2D eigenvalue weighted by Gasteiger charge is 2.39. The average Bonchev–Trinajstić information content (AvgIpc) is 3.40. The number of rotatable bonds is 35. The van der Waals surface area contributed by atoms with E-state index in [1.807, 2.05) is 6.08 Å². The summed E-state index contributed by atoms with van der Waals surface area (Å²) in [5.74, 6) is -1.23. The quantitative estimate of drug-likeness (QED) is 0.0181. The molecule has 312 valence electrons. The molecule has 53 heavy (non-hydrogen) atoms. The summed E-state index contributed by atoms with van der Waals surface area (Å²) in [6, 6.07) is 0. The summed E-state index contributed by atoms with van der Waals surface area (Å²) >= 11 is 0. The molecule has 1 fully saturated rings. The number of hydrogen-bond acceptors (Lipinski definition) is 11. The Hall–Kier alpha value is -1.37. The van der Waals surface area contributed by atoms with Gasteiger partial charge in [-0.25, -0.2) is 4.57 Å². The SMILES string of the molecule is CCCCCCCCCCCCCCC(=O)O[C@H](COC(=O)CCCCCC[C@@H]1[C@@H](/C=C/[C@@H](O)CCCCC)[C@H](O)C[C@@H]1O)COP(=O)(O)OCCN. The van der Waals surface area contributed by atoms with Crippen LogP contribution in [0.3, 0.4) is 0 Å². The van der Waals surface area contributed by atoms with Crippen LogP contribution in [-0.2, 0) is 32.7 Å². The normalized spacial score (nSPS) is 21.1. The molecule has 13 heteroatoms.